The summed E-state index contributed by atoms with van der Waals surface area (Å²) in [6.45, 7) is 2.41. The van der Waals surface area contributed by atoms with E-state index in [1.165, 1.54) is 10.6 Å². The molecule has 4 heterocycles. The standard InChI is InChI=1S/C27H31N5O4S/c1-30-24-8-7-22(15-23(24)16-28-30)20-3-5-21(6-4-20)25-29-27(10-13-36-14-11-27)26(33)32(25)18-19-9-12-31(17-19)37(2,34)35/h3-8,15-16,19H,9-14,17-18H2,1-2H3/t19-/m1/s1. The third kappa shape index (κ3) is 4.36. The molecule has 3 aliphatic rings. The summed E-state index contributed by atoms with van der Waals surface area (Å²) in [4.78, 5) is 20.6. The van der Waals surface area contributed by atoms with E-state index in [-0.39, 0.29) is 11.8 Å². The molecule has 37 heavy (non-hydrogen) atoms. The third-order valence-electron chi connectivity index (χ3n) is 7.92. The van der Waals surface area contributed by atoms with Crippen LogP contribution in [0.15, 0.2) is 53.7 Å². The zero-order valence-electron chi connectivity index (χ0n) is 21.1. The van der Waals surface area contributed by atoms with E-state index in [4.69, 9.17) is 9.73 Å². The minimum atomic E-state index is -3.24. The minimum Gasteiger partial charge on any atom is -0.381 e. The maximum atomic E-state index is 13.8. The van der Waals surface area contributed by atoms with Crippen LogP contribution in [-0.2, 0) is 26.6 Å². The van der Waals surface area contributed by atoms with Gasteiger partial charge in [0, 0.05) is 63.7 Å². The van der Waals surface area contributed by atoms with E-state index in [2.05, 4.69) is 35.4 Å². The Morgan fingerprint density at radius 3 is 2.46 bits per heavy atom. The maximum absolute atomic E-state index is 13.8. The fraction of sp³-hybridized carbons (Fsp3) is 0.444. The molecule has 3 aromatic rings. The predicted molar refractivity (Wildman–Crippen MR) is 142 cm³/mol. The highest BCUT2D eigenvalue weighted by Crippen LogP contribution is 2.36. The minimum absolute atomic E-state index is 0.00899. The number of rotatable bonds is 5. The number of nitrogens with zero attached hydrogens (tertiary/aromatic N) is 5. The number of amides is 1. The van der Waals surface area contributed by atoms with Gasteiger partial charge in [-0.2, -0.15) is 5.10 Å². The molecule has 2 saturated heterocycles. The monoisotopic (exact) mass is 521 g/mol. The van der Waals surface area contributed by atoms with Crippen LogP contribution < -0.4 is 0 Å². The number of hydrogen-bond acceptors (Lipinski definition) is 6. The highest BCUT2D eigenvalue weighted by atomic mass is 32.2. The van der Waals surface area contributed by atoms with Crippen LogP contribution >= 0.6 is 0 Å². The molecule has 0 unspecified atom stereocenters. The van der Waals surface area contributed by atoms with Crippen LogP contribution in [0.25, 0.3) is 22.0 Å². The Hall–Kier alpha value is -3.08. The molecule has 0 aliphatic carbocycles. The molecule has 1 aromatic heterocycles. The van der Waals surface area contributed by atoms with Crippen LogP contribution in [0.5, 0.6) is 0 Å². The third-order valence-corrected chi connectivity index (χ3v) is 9.19. The van der Waals surface area contributed by atoms with Crippen LogP contribution in [0.2, 0.25) is 0 Å². The maximum Gasteiger partial charge on any atom is 0.256 e. The van der Waals surface area contributed by atoms with Crippen LogP contribution in [0.4, 0.5) is 0 Å². The van der Waals surface area contributed by atoms with Crippen molar-refractivity contribution in [1.29, 1.82) is 0 Å². The smallest absolute Gasteiger partial charge is 0.256 e. The molecule has 3 aliphatic heterocycles. The lowest BCUT2D eigenvalue weighted by Crippen LogP contribution is -2.47. The highest BCUT2D eigenvalue weighted by Gasteiger charge is 2.50. The Morgan fingerprint density at radius 1 is 1.05 bits per heavy atom. The van der Waals surface area contributed by atoms with Gasteiger partial charge in [0.2, 0.25) is 10.0 Å². The van der Waals surface area contributed by atoms with Crippen molar-refractivity contribution in [3.63, 3.8) is 0 Å². The lowest BCUT2D eigenvalue weighted by atomic mass is 9.90. The molecule has 1 atom stereocenters. The largest absolute Gasteiger partial charge is 0.381 e. The van der Waals surface area contributed by atoms with Crippen molar-refractivity contribution in [3.05, 3.63) is 54.2 Å². The van der Waals surface area contributed by atoms with Gasteiger partial charge in [-0.15, -0.1) is 0 Å². The molecule has 1 spiro atoms. The number of sulfonamides is 1. The molecule has 2 aromatic carbocycles. The molecular weight excluding hydrogens is 490 g/mol. The molecule has 1 amide bonds. The summed E-state index contributed by atoms with van der Waals surface area (Å²) in [5.41, 5.74) is 3.36. The number of hydrogen-bond donors (Lipinski definition) is 0. The van der Waals surface area contributed by atoms with E-state index in [0.717, 1.165) is 34.0 Å². The predicted octanol–water partition coefficient (Wildman–Crippen LogP) is 2.66. The molecule has 0 bridgehead atoms. The molecule has 0 saturated carbocycles. The lowest BCUT2D eigenvalue weighted by Gasteiger charge is -2.30. The summed E-state index contributed by atoms with van der Waals surface area (Å²) in [7, 11) is -1.31. The summed E-state index contributed by atoms with van der Waals surface area (Å²) >= 11 is 0. The van der Waals surface area contributed by atoms with Crippen molar-refractivity contribution in [3.8, 4) is 11.1 Å². The number of benzene rings is 2. The van der Waals surface area contributed by atoms with Crippen LogP contribution in [0.3, 0.4) is 0 Å². The van der Waals surface area contributed by atoms with Gasteiger partial charge in [-0.25, -0.2) is 12.7 Å². The van der Waals surface area contributed by atoms with Gasteiger partial charge in [0.25, 0.3) is 5.91 Å². The molecular formula is C27H31N5O4S. The van der Waals surface area contributed by atoms with Gasteiger partial charge in [0.15, 0.2) is 0 Å². The Morgan fingerprint density at radius 2 is 1.76 bits per heavy atom. The van der Waals surface area contributed by atoms with Crippen LogP contribution in [-0.4, -0.2) is 83.8 Å². The lowest BCUT2D eigenvalue weighted by molar-refractivity contribution is -0.134. The van der Waals surface area contributed by atoms with Crippen molar-refractivity contribution in [2.45, 2.75) is 24.8 Å². The topological polar surface area (TPSA) is 97.1 Å². The Labute approximate surface area is 216 Å². The van der Waals surface area contributed by atoms with E-state index < -0.39 is 15.6 Å². The normalized spacial score (nSPS) is 22.3. The second-order valence-corrected chi connectivity index (χ2v) is 12.4. The average molecular weight is 522 g/mol. The Kier molecular flexibility index (Phi) is 5.93. The van der Waals surface area contributed by atoms with E-state index in [9.17, 15) is 13.2 Å². The van der Waals surface area contributed by atoms with Crippen molar-refractivity contribution in [2.75, 3.05) is 39.1 Å². The number of carbonyl (C=O) groups excluding carboxylic acids is 1. The van der Waals surface area contributed by atoms with Crippen LogP contribution in [0, 0.1) is 5.92 Å². The van der Waals surface area contributed by atoms with Gasteiger partial charge < -0.3 is 4.74 Å². The van der Waals surface area contributed by atoms with Crippen molar-refractivity contribution >= 4 is 32.7 Å². The zero-order chi connectivity index (χ0) is 25.8. The molecule has 0 N–H and O–H groups in total. The molecule has 0 radical (unpaired) electrons. The fourth-order valence-electron chi connectivity index (χ4n) is 5.74. The van der Waals surface area contributed by atoms with E-state index in [1.54, 1.807) is 4.90 Å². The first-order valence-electron chi connectivity index (χ1n) is 12.7. The van der Waals surface area contributed by atoms with Crippen LogP contribution in [0.1, 0.15) is 24.8 Å². The first kappa shape index (κ1) is 24.3. The first-order chi connectivity index (χ1) is 17.7. The number of amidine groups is 1. The summed E-state index contributed by atoms with van der Waals surface area (Å²) in [5, 5.41) is 5.42. The SMILES string of the molecule is Cn1ncc2cc(-c3ccc(C4=NC5(CCOCC5)C(=O)N4C[C@@H]4CCN(S(C)(=O)=O)C4)cc3)ccc21. The molecule has 10 heteroatoms. The highest BCUT2D eigenvalue weighted by molar-refractivity contribution is 7.88. The van der Waals surface area contributed by atoms with E-state index >= 15 is 0 Å². The van der Waals surface area contributed by atoms with Gasteiger partial charge in [-0.3, -0.25) is 19.4 Å². The van der Waals surface area contributed by atoms with Gasteiger partial charge in [0.05, 0.1) is 18.0 Å². The van der Waals surface area contributed by atoms with Crippen molar-refractivity contribution in [2.24, 2.45) is 18.0 Å². The van der Waals surface area contributed by atoms with Gasteiger partial charge in [0.1, 0.15) is 11.4 Å². The number of carbonyl (C=O) groups is 1. The summed E-state index contributed by atoms with van der Waals surface area (Å²) in [5.74, 6) is 0.762. The van der Waals surface area contributed by atoms with Gasteiger partial charge in [-0.1, -0.05) is 30.3 Å². The first-order valence-corrected chi connectivity index (χ1v) is 14.6. The fourth-order valence-corrected chi connectivity index (χ4v) is 6.66. The Bertz CT molecular complexity index is 1490. The van der Waals surface area contributed by atoms with Gasteiger partial charge >= 0.3 is 0 Å². The molecule has 6 rings (SSSR count). The molecule has 2 fully saturated rings. The quantitative estimate of drug-likeness (QED) is 0.514. The van der Waals surface area contributed by atoms with Crippen molar-refractivity contribution < 1.29 is 17.9 Å². The summed E-state index contributed by atoms with van der Waals surface area (Å²) in [6.07, 6.45) is 4.97. The molecule has 194 valence electrons. The number of aliphatic imine (C=N–C) groups is 1. The number of ether oxygens (including phenoxy) is 1. The van der Waals surface area contributed by atoms with E-state index in [1.807, 2.05) is 30.1 Å². The average Bonchev–Trinajstić information content (AvgIpc) is 3.59. The summed E-state index contributed by atoms with van der Waals surface area (Å²) in [6, 6.07) is 14.5. The van der Waals surface area contributed by atoms with Gasteiger partial charge in [-0.05, 0) is 35.6 Å². The number of fused-ring (bicyclic) bond motifs is 1. The molecule has 9 nitrogen and oxygen atoms in total. The van der Waals surface area contributed by atoms with Crippen molar-refractivity contribution in [1.82, 2.24) is 19.0 Å². The zero-order valence-corrected chi connectivity index (χ0v) is 21.9. The number of aryl methyl sites for hydroxylation is 1. The Balaban J connectivity index is 1.29. The second-order valence-electron chi connectivity index (χ2n) is 10.4. The van der Waals surface area contributed by atoms with E-state index in [0.29, 0.717) is 51.5 Å². The summed E-state index contributed by atoms with van der Waals surface area (Å²) < 4.78 is 33.0. The second kappa shape index (κ2) is 9.04. The number of aromatic nitrogens is 2.